The van der Waals surface area contributed by atoms with E-state index in [1.165, 1.54) is 11.6 Å². The molecule has 0 spiro atoms. The number of hydrogen-bond acceptors (Lipinski definition) is 3. The lowest BCUT2D eigenvalue weighted by Gasteiger charge is -2.02. The summed E-state index contributed by atoms with van der Waals surface area (Å²) in [5.74, 6) is 0.198. The molecular formula is C18H16N2O2. The van der Waals surface area contributed by atoms with Crippen LogP contribution in [-0.2, 0) is 11.2 Å². The maximum Gasteiger partial charge on any atom is 0.248 e. The smallest absolute Gasteiger partial charge is 0.248 e. The molecule has 0 saturated heterocycles. The minimum Gasteiger partial charge on any atom is -0.437 e. The number of aryl methyl sites for hydroxylation is 1. The average Bonchev–Trinajstić information content (AvgIpc) is 2.96. The molecule has 1 N–H and O–H groups in total. The Labute approximate surface area is 128 Å². The second kappa shape index (κ2) is 6.26. The second-order valence-electron chi connectivity index (χ2n) is 4.89. The molecule has 1 aromatic heterocycles. The molecule has 110 valence electrons. The molecule has 22 heavy (non-hydrogen) atoms. The van der Waals surface area contributed by atoms with E-state index in [4.69, 9.17) is 4.42 Å². The normalized spacial score (nSPS) is 11.1. The number of carbonyl (C=O) groups excluding carboxylic acids is 1. The van der Waals surface area contributed by atoms with Gasteiger partial charge in [0.05, 0.1) is 0 Å². The number of benzene rings is 2. The molecule has 0 bridgehead atoms. The van der Waals surface area contributed by atoms with Crippen LogP contribution in [0.5, 0.6) is 0 Å². The molecule has 1 amide bonds. The molecule has 0 radical (unpaired) electrons. The third-order valence-electron chi connectivity index (χ3n) is 3.32. The van der Waals surface area contributed by atoms with Crippen molar-refractivity contribution < 1.29 is 9.21 Å². The van der Waals surface area contributed by atoms with Crippen LogP contribution in [0.25, 0.3) is 17.2 Å². The highest BCUT2D eigenvalue weighted by atomic mass is 16.3. The van der Waals surface area contributed by atoms with Crippen molar-refractivity contribution in [1.29, 1.82) is 0 Å². The van der Waals surface area contributed by atoms with E-state index in [1.54, 1.807) is 6.08 Å². The van der Waals surface area contributed by atoms with Crippen molar-refractivity contribution in [3.8, 4) is 0 Å². The van der Waals surface area contributed by atoms with Crippen molar-refractivity contribution in [2.24, 2.45) is 0 Å². The number of rotatable bonds is 4. The largest absolute Gasteiger partial charge is 0.437 e. The number of fused-ring (bicyclic) bond motifs is 1. The first kappa shape index (κ1) is 14.1. The quantitative estimate of drug-likeness (QED) is 0.738. The number of carbonyl (C=O) groups is 1. The predicted octanol–water partition coefficient (Wildman–Crippen LogP) is 4.04. The van der Waals surface area contributed by atoms with Crippen molar-refractivity contribution in [1.82, 2.24) is 4.98 Å². The van der Waals surface area contributed by atoms with Gasteiger partial charge in [0.25, 0.3) is 0 Å². The first-order chi connectivity index (χ1) is 10.7. The molecule has 0 aliphatic heterocycles. The molecule has 0 saturated carbocycles. The highest BCUT2D eigenvalue weighted by molar-refractivity contribution is 6.01. The van der Waals surface area contributed by atoms with Gasteiger partial charge in [-0.1, -0.05) is 31.2 Å². The first-order valence-electron chi connectivity index (χ1n) is 7.18. The summed E-state index contributed by atoms with van der Waals surface area (Å²) >= 11 is 0. The van der Waals surface area contributed by atoms with Crippen LogP contribution < -0.4 is 5.32 Å². The van der Waals surface area contributed by atoms with Crippen LogP contribution in [0, 0.1) is 0 Å². The fraction of sp³-hybridized carbons (Fsp3) is 0.111. The zero-order valence-corrected chi connectivity index (χ0v) is 12.2. The van der Waals surface area contributed by atoms with Gasteiger partial charge in [0.2, 0.25) is 11.8 Å². The van der Waals surface area contributed by atoms with Gasteiger partial charge in [0.15, 0.2) is 5.58 Å². The predicted molar refractivity (Wildman–Crippen MR) is 87.5 cm³/mol. The van der Waals surface area contributed by atoms with Gasteiger partial charge in [0.1, 0.15) is 5.52 Å². The van der Waals surface area contributed by atoms with Crippen molar-refractivity contribution in [3.63, 3.8) is 0 Å². The van der Waals surface area contributed by atoms with Crippen molar-refractivity contribution in [3.05, 3.63) is 66.1 Å². The van der Waals surface area contributed by atoms with Gasteiger partial charge in [-0.05, 0) is 36.2 Å². The first-order valence-corrected chi connectivity index (χ1v) is 7.18. The number of anilines is 1. The molecular weight excluding hydrogens is 276 g/mol. The van der Waals surface area contributed by atoms with E-state index in [0.717, 1.165) is 17.6 Å². The van der Waals surface area contributed by atoms with Crippen LogP contribution in [0.1, 0.15) is 18.4 Å². The Balaban J connectivity index is 1.67. The van der Waals surface area contributed by atoms with E-state index in [2.05, 4.69) is 17.2 Å². The minimum absolute atomic E-state index is 0.216. The van der Waals surface area contributed by atoms with Crippen LogP contribution in [0.3, 0.4) is 0 Å². The molecule has 4 nitrogen and oxygen atoms in total. The van der Waals surface area contributed by atoms with Gasteiger partial charge in [-0.15, -0.1) is 0 Å². The zero-order chi connectivity index (χ0) is 15.4. The highest BCUT2D eigenvalue weighted by Crippen LogP contribution is 2.15. The molecule has 2 aromatic carbocycles. The Morgan fingerprint density at radius 1 is 1.18 bits per heavy atom. The van der Waals surface area contributed by atoms with Gasteiger partial charge < -0.3 is 9.73 Å². The Bertz CT molecular complexity index is 783. The molecule has 0 aliphatic rings. The summed E-state index contributed by atoms with van der Waals surface area (Å²) in [6.07, 6.45) is 3.96. The van der Waals surface area contributed by atoms with Gasteiger partial charge in [-0.2, -0.15) is 0 Å². The summed E-state index contributed by atoms with van der Waals surface area (Å²) in [7, 11) is 0. The molecule has 1 heterocycles. The Kier molecular flexibility index (Phi) is 4.01. The SMILES string of the molecule is CCc1ccc(NC(=O)/C=C/c2nc3ccccc3o2)cc1. The molecule has 0 fully saturated rings. The number of aromatic nitrogens is 1. The van der Waals surface area contributed by atoms with E-state index in [1.807, 2.05) is 48.5 Å². The van der Waals surface area contributed by atoms with Crippen molar-refractivity contribution >= 4 is 28.8 Å². The van der Waals surface area contributed by atoms with Crippen molar-refractivity contribution in [2.75, 3.05) is 5.32 Å². The van der Waals surface area contributed by atoms with E-state index in [-0.39, 0.29) is 5.91 Å². The van der Waals surface area contributed by atoms with Gasteiger partial charge in [-0.25, -0.2) is 4.98 Å². The van der Waals surface area contributed by atoms with Gasteiger partial charge in [0, 0.05) is 17.8 Å². The van der Waals surface area contributed by atoms with E-state index in [9.17, 15) is 4.79 Å². The summed E-state index contributed by atoms with van der Waals surface area (Å²) in [5.41, 5.74) is 3.49. The summed E-state index contributed by atoms with van der Waals surface area (Å²) < 4.78 is 5.52. The number of nitrogens with zero attached hydrogens (tertiary/aromatic N) is 1. The lowest BCUT2D eigenvalue weighted by molar-refractivity contribution is -0.111. The van der Waals surface area contributed by atoms with E-state index < -0.39 is 0 Å². The summed E-state index contributed by atoms with van der Waals surface area (Å²) in [6, 6.07) is 15.3. The topological polar surface area (TPSA) is 55.1 Å². The number of hydrogen-bond donors (Lipinski definition) is 1. The van der Waals surface area contributed by atoms with E-state index >= 15 is 0 Å². The highest BCUT2D eigenvalue weighted by Gasteiger charge is 2.03. The monoisotopic (exact) mass is 292 g/mol. The maximum absolute atomic E-state index is 11.9. The lowest BCUT2D eigenvalue weighted by Crippen LogP contribution is -2.07. The number of nitrogens with one attached hydrogen (secondary N) is 1. The zero-order valence-electron chi connectivity index (χ0n) is 12.2. The average molecular weight is 292 g/mol. The third-order valence-corrected chi connectivity index (χ3v) is 3.32. The van der Waals surface area contributed by atoms with Crippen LogP contribution in [-0.4, -0.2) is 10.9 Å². The van der Waals surface area contributed by atoms with Crippen LogP contribution in [0.2, 0.25) is 0 Å². The molecule has 0 atom stereocenters. The second-order valence-corrected chi connectivity index (χ2v) is 4.89. The van der Waals surface area contributed by atoms with Crippen LogP contribution >= 0.6 is 0 Å². The Morgan fingerprint density at radius 2 is 1.95 bits per heavy atom. The maximum atomic E-state index is 11.9. The third kappa shape index (κ3) is 3.23. The lowest BCUT2D eigenvalue weighted by atomic mass is 10.1. The summed E-state index contributed by atoms with van der Waals surface area (Å²) in [5, 5.41) is 2.80. The molecule has 3 rings (SSSR count). The van der Waals surface area contributed by atoms with Crippen LogP contribution in [0.4, 0.5) is 5.69 Å². The summed E-state index contributed by atoms with van der Waals surface area (Å²) in [4.78, 5) is 16.2. The Morgan fingerprint density at radius 3 is 2.68 bits per heavy atom. The van der Waals surface area contributed by atoms with Crippen LogP contribution in [0.15, 0.2) is 59.0 Å². The standard InChI is InChI=1S/C18H16N2O2/c1-2-13-7-9-14(10-8-13)19-17(21)11-12-18-20-15-5-3-4-6-16(15)22-18/h3-12H,2H2,1H3,(H,19,21)/b12-11+. The number of para-hydroxylation sites is 2. The molecule has 4 heteroatoms. The fourth-order valence-electron chi connectivity index (χ4n) is 2.12. The minimum atomic E-state index is -0.216. The Hall–Kier alpha value is -2.88. The molecule has 0 aliphatic carbocycles. The molecule has 0 unspecified atom stereocenters. The number of oxazole rings is 1. The van der Waals surface area contributed by atoms with Crippen molar-refractivity contribution in [2.45, 2.75) is 13.3 Å². The number of amides is 1. The summed E-state index contributed by atoms with van der Waals surface area (Å²) in [6.45, 7) is 2.09. The fourth-order valence-corrected chi connectivity index (χ4v) is 2.12. The van der Waals surface area contributed by atoms with E-state index in [0.29, 0.717) is 11.5 Å². The van der Waals surface area contributed by atoms with Gasteiger partial charge in [-0.3, -0.25) is 4.79 Å². The molecule has 3 aromatic rings. The van der Waals surface area contributed by atoms with Gasteiger partial charge >= 0.3 is 0 Å².